The van der Waals surface area contributed by atoms with Gasteiger partial charge in [-0.25, -0.2) is 22.8 Å². The van der Waals surface area contributed by atoms with Crippen LogP contribution in [0.15, 0.2) is 35.4 Å². The molecular formula is C25H28F2N4O2S. The third-order valence-corrected chi connectivity index (χ3v) is 7.25. The van der Waals surface area contributed by atoms with Crippen molar-refractivity contribution in [1.29, 1.82) is 4.78 Å². The predicted molar refractivity (Wildman–Crippen MR) is 129 cm³/mol. The third kappa shape index (κ3) is 5.73. The minimum atomic E-state index is -2.95. The summed E-state index contributed by atoms with van der Waals surface area (Å²) in [6.45, 7) is 2.27. The molecule has 0 unspecified atom stereocenters. The van der Waals surface area contributed by atoms with Gasteiger partial charge in [-0.15, -0.1) is 0 Å². The lowest BCUT2D eigenvalue weighted by molar-refractivity contribution is -0.0102. The Morgan fingerprint density at radius 3 is 2.76 bits per heavy atom. The van der Waals surface area contributed by atoms with Crippen LogP contribution < -0.4 is 10.2 Å². The zero-order chi connectivity index (χ0) is 24.5. The fourth-order valence-corrected chi connectivity index (χ4v) is 4.61. The lowest BCUT2D eigenvalue weighted by atomic mass is 10.0. The van der Waals surface area contributed by atoms with Gasteiger partial charge in [0.1, 0.15) is 5.82 Å². The number of nitrogens with zero attached hydrogens (tertiary/aromatic N) is 2. The number of nitrogens with one attached hydrogen (secondary N) is 2. The Kier molecular flexibility index (Phi) is 6.63. The molecule has 1 aliphatic heterocycles. The highest BCUT2D eigenvalue weighted by Crippen LogP contribution is 2.33. The maximum Gasteiger partial charge on any atom is 0.259 e. The monoisotopic (exact) mass is 486 g/mol. The van der Waals surface area contributed by atoms with Crippen molar-refractivity contribution in [3.05, 3.63) is 47.2 Å². The Morgan fingerprint density at radius 1 is 1.29 bits per heavy atom. The summed E-state index contributed by atoms with van der Waals surface area (Å²) in [5.41, 5.74) is 1.97. The van der Waals surface area contributed by atoms with Gasteiger partial charge in [0.25, 0.3) is 5.91 Å². The van der Waals surface area contributed by atoms with Gasteiger partial charge >= 0.3 is 0 Å². The summed E-state index contributed by atoms with van der Waals surface area (Å²) in [6.07, 6.45) is 4.89. The van der Waals surface area contributed by atoms with E-state index in [9.17, 15) is 17.8 Å². The van der Waals surface area contributed by atoms with Crippen LogP contribution in [0.2, 0.25) is 0 Å². The van der Waals surface area contributed by atoms with Gasteiger partial charge in [0.15, 0.2) is 0 Å². The highest BCUT2D eigenvalue weighted by atomic mass is 32.2. The van der Waals surface area contributed by atoms with Crippen molar-refractivity contribution in [1.82, 2.24) is 4.98 Å². The van der Waals surface area contributed by atoms with Gasteiger partial charge in [0.05, 0.1) is 15.3 Å². The minimum absolute atomic E-state index is 0.0963. The molecule has 34 heavy (non-hydrogen) atoms. The van der Waals surface area contributed by atoms with Gasteiger partial charge in [-0.05, 0) is 49.9 Å². The fourth-order valence-electron chi connectivity index (χ4n) is 3.92. The van der Waals surface area contributed by atoms with E-state index < -0.39 is 21.6 Å². The van der Waals surface area contributed by atoms with Crippen LogP contribution in [0.1, 0.15) is 53.6 Å². The number of pyridine rings is 1. The van der Waals surface area contributed by atoms with Crippen molar-refractivity contribution in [2.24, 2.45) is 5.92 Å². The van der Waals surface area contributed by atoms with E-state index in [4.69, 9.17) is 4.78 Å². The first-order valence-electron chi connectivity index (χ1n) is 11.3. The highest BCUT2D eigenvalue weighted by molar-refractivity contribution is 7.91. The number of amides is 1. The summed E-state index contributed by atoms with van der Waals surface area (Å²) < 4.78 is 47.9. The van der Waals surface area contributed by atoms with Crippen LogP contribution in [0.4, 0.5) is 20.3 Å². The molecule has 1 saturated carbocycles. The molecule has 2 aromatic rings. The van der Waals surface area contributed by atoms with Gasteiger partial charge in [-0.1, -0.05) is 17.9 Å². The van der Waals surface area contributed by atoms with Crippen LogP contribution in [0.25, 0.3) is 0 Å². The molecule has 0 bridgehead atoms. The lowest BCUT2D eigenvalue weighted by Crippen LogP contribution is -2.30. The zero-order valence-corrected chi connectivity index (χ0v) is 20.1. The molecule has 6 nitrogen and oxygen atoms in total. The molecule has 1 aliphatic carbocycles. The number of anilines is 2. The second-order valence-corrected chi connectivity index (χ2v) is 11.2. The van der Waals surface area contributed by atoms with Crippen molar-refractivity contribution < 1.29 is 17.8 Å². The van der Waals surface area contributed by atoms with Crippen molar-refractivity contribution in [2.75, 3.05) is 29.6 Å². The zero-order valence-electron chi connectivity index (χ0n) is 19.3. The summed E-state index contributed by atoms with van der Waals surface area (Å²) in [5.74, 6) is 3.87. The molecule has 2 heterocycles. The number of rotatable bonds is 4. The molecule has 2 N–H and O–H groups in total. The number of hydrogen-bond acceptors (Lipinski definition) is 5. The summed E-state index contributed by atoms with van der Waals surface area (Å²) in [7, 11) is -2.95. The maximum atomic E-state index is 14.0. The second kappa shape index (κ2) is 9.34. The summed E-state index contributed by atoms with van der Waals surface area (Å²) >= 11 is 0. The first-order chi connectivity index (χ1) is 16.0. The van der Waals surface area contributed by atoms with E-state index >= 15 is 0 Å². The average Bonchev–Trinajstić information content (AvgIpc) is 3.60. The largest absolute Gasteiger partial charge is 0.356 e. The van der Waals surface area contributed by atoms with Gasteiger partial charge in [0.2, 0.25) is 5.92 Å². The van der Waals surface area contributed by atoms with Crippen LogP contribution in [0, 0.1) is 29.5 Å². The lowest BCUT2D eigenvalue weighted by Gasteiger charge is -2.25. The van der Waals surface area contributed by atoms with Crippen LogP contribution in [0.5, 0.6) is 0 Å². The van der Waals surface area contributed by atoms with Crippen molar-refractivity contribution in [3.8, 4) is 11.8 Å². The molecule has 9 heteroatoms. The van der Waals surface area contributed by atoms with Gasteiger partial charge in [-0.2, -0.15) is 0 Å². The number of hydrogen-bond donors (Lipinski definition) is 2. The van der Waals surface area contributed by atoms with Crippen LogP contribution in [-0.2, 0) is 9.73 Å². The standard InChI is InChI=1S/C25H28F2N4O2S/c1-17-19(10-9-18-7-8-18)16-29-23(31-13-4-11-25(26,27)12-14-31)22(17)24(32)30-20-5-3-6-21(15-20)34(2,28)33/h3,5-6,15-16,18,28H,4,7-8,11-14H2,1-2H3,(H,30,32)/t34-/m1/s1. The molecule has 1 aromatic carbocycles. The molecule has 1 amide bonds. The Labute approximate surface area is 199 Å². The Hall–Kier alpha value is -2.99. The molecular weight excluding hydrogens is 458 g/mol. The maximum absolute atomic E-state index is 14.0. The van der Waals surface area contributed by atoms with E-state index in [0.717, 1.165) is 12.8 Å². The molecule has 2 aliphatic rings. The molecule has 1 saturated heterocycles. The molecule has 2 fully saturated rings. The van der Waals surface area contributed by atoms with E-state index in [1.54, 1.807) is 36.2 Å². The number of alkyl halides is 2. The second-order valence-electron chi connectivity index (χ2n) is 9.06. The van der Waals surface area contributed by atoms with Gasteiger partial charge in [0, 0.05) is 60.4 Å². The van der Waals surface area contributed by atoms with Crippen LogP contribution in [0.3, 0.4) is 0 Å². The molecule has 0 spiro atoms. The van der Waals surface area contributed by atoms with Crippen LogP contribution in [-0.4, -0.2) is 40.4 Å². The predicted octanol–water partition coefficient (Wildman–Crippen LogP) is 5.06. The average molecular weight is 487 g/mol. The topological polar surface area (TPSA) is 86.2 Å². The number of benzene rings is 1. The van der Waals surface area contributed by atoms with Crippen molar-refractivity contribution >= 4 is 27.1 Å². The number of carbonyl (C=O) groups is 1. The molecule has 0 radical (unpaired) electrons. The Balaban J connectivity index is 1.71. The SMILES string of the molecule is Cc1c(C#CC2CC2)cnc(N2CCCC(F)(F)CC2)c1C(=O)Nc1cccc([S@](C)(=N)=O)c1. The van der Waals surface area contributed by atoms with E-state index in [1.165, 1.54) is 12.3 Å². The molecule has 180 valence electrons. The number of halogens is 2. The van der Waals surface area contributed by atoms with Crippen molar-refractivity contribution in [2.45, 2.75) is 49.8 Å². The Bertz CT molecular complexity index is 1280. The van der Waals surface area contributed by atoms with E-state index in [0.29, 0.717) is 52.0 Å². The smallest absolute Gasteiger partial charge is 0.259 e. The molecule has 1 aromatic heterocycles. The molecule has 4 rings (SSSR count). The van der Waals surface area contributed by atoms with Gasteiger partial charge in [-0.3, -0.25) is 4.79 Å². The summed E-state index contributed by atoms with van der Waals surface area (Å²) in [5, 5.41) is 2.82. The number of carbonyl (C=O) groups excluding carboxylic acids is 1. The third-order valence-electron chi connectivity index (χ3n) is 6.09. The van der Waals surface area contributed by atoms with E-state index in [1.807, 2.05) is 0 Å². The molecule has 1 atom stereocenters. The minimum Gasteiger partial charge on any atom is -0.356 e. The normalized spacial score (nSPS) is 19.4. The quantitative estimate of drug-likeness (QED) is 0.591. The van der Waals surface area contributed by atoms with E-state index in [2.05, 4.69) is 22.1 Å². The highest BCUT2D eigenvalue weighted by Gasteiger charge is 2.33. The van der Waals surface area contributed by atoms with Crippen LogP contribution >= 0.6 is 0 Å². The Morgan fingerprint density at radius 2 is 2.06 bits per heavy atom. The summed E-state index contributed by atoms with van der Waals surface area (Å²) in [6, 6.07) is 6.37. The number of aromatic nitrogens is 1. The first kappa shape index (κ1) is 24.1. The first-order valence-corrected chi connectivity index (χ1v) is 13.3. The van der Waals surface area contributed by atoms with E-state index in [-0.39, 0.29) is 19.4 Å². The van der Waals surface area contributed by atoms with Crippen molar-refractivity contribution in [3.63, 3.8) is 0 Å². The fraction of sp³-hybridized carbons (Fsp3) is 0.440. The van der Waals surface area contributed by atoms with Gasteiger partial charge < -0.3 is 10.2 Å². The summed E-state index contributed by atoms with van der Waals surface area (Å²) in [4.78, 5) is 20.1.